The predicted molar refractivity (Wildman–Crippen MR) is 58.1 cm³/mol. The zero-order valence-corrected chi connectivity index (χ0v) is 8.59. The van der Waals surface area contributed by atoms with E-state index in [0.29, 0.717) is 0 Å². The Morgan fingerprint density at radius 2 is 2.00 bits per heavy atom. The molecule has 1 aromatic carbocycles. The van der Waals surface area contributed by atoms with Crippen LogP contribution in [-0.2, 0) is 0 Å². The lowest BCUT2D eigenvalue weighted by Crippen LogP contribution is -2.13. The van der Waals surface area contributed by atoms with Gasteiger partial charge in [-0.1, -0.05) is 0 Å². The van der Waals surface area contributed by atoms with Gasteiger partial charge in [0.25, 0.3) is 5.91 Å². The highest BCUT2D eigenvalue weighted by atomic mass is 19.1. The molecule has 1 heterocycles. The summed E-state index contributed by atoms with van der Waals surface area (Å²) in [4.78, 5) is 19.0. The standard InChI is InChI=1S/C11H8FN3O2/c12-9-3-8(16)1-2-10(9)15-11(17)7-4-13-6-14-5-7/h1-6,16H,(H,15,17). The highest BCUT2D eigenvalue weighted by Crippen LogP contribution is 2.19. The number of halogens is 1. The second kappa shape index (κ2) is 4.56. The summed E-state index contributed by atoms with van der Waals surface area (Å²) < 4.78 is 13.3. The Hall–Kier alpha value is -2.50. The van der Waals surface area contributed by atoms with Gasteiger partial charge in [0, 0.05) is 18.5 Å². The summed E-state index contributed by atoms with van der Waals surface area (Å²) in [5, 5.41) is 11.4. The first-order valence-electron chi connectivity index (χ1n) is 4.71. The second-order valence-electron chi connectivity index (χ2n) is 3.25. The third-order valence-corrected chi connectivity index (χ3v) is 2.02. The lowest BCUT2D eigenvalue weighted by molar-refractivity contribution is 0.102. The predicted octanol–water partition coefficient (Wildman–Crippen LogP) is 1.57. The van der Waals surface area contributed by atoms with Gasteiger partial charge in [0.2, 0.25) is 0 Å². The van der Waals surface area contributed by atoms with Crippen molar-refractivity contribution in [2.45, 2.75) is 0 Å². The van der Waals surface area contributed by atoms with E-state index in [1.54, 1.807) is 0 Å². The van der Waals surface area contributed by atoms with Crippen LogP contribution in [0.2, 0.25) is 0 Å². The van der Waals surface area contributed by atoms with Crippen molar-refractivity contribution in [3.05, 3.63) is 48.3 Å². The molecule has 0 aliphatic rings. The van der Waals surface area contributed by atoms with Crippen molar-refractivity contribution in [1.82, 2.24) is 9.97 Å². The van der Waals surface area contributed by atoms with Gasteiger partial charge in [-0.15, -0.1) is 0 Å². The number of hydrogen-bond acceptors (Lipinski definition) is 4. The number of carbonyl (C=O) groups is 1. The molecule has 0 aliphatic heterocycles. The number of aromatic nitrogens is 2. The molecule has 17 heavy (non-hydrogen) atoms. The number of amides is 1. The van der Waals surface area contributed by atoms with Crippen molar-refractivity contribution in [3.63, 3.8) is 0 Å². The molecule has 6 heteroatoms. The fraction of sp³-hybridized carbons (Fsp3) is 0. The molecule has 0 unspecified atom stereocenters. The van der Waals surface area contributed by atoms with Gasteiger partial charge in [0.05, 0.1) is 11.3 Å². The van der Waals surface area contributed by atoms with Gasteiger partial charge in [-0.25, -0.2) is 14.4 Å². The summed E-state index contributed by atoms with van der Waals surface area (Å²) in [6, 6.07) is 3.46. The normalized spacial score (nSPS) is 9.94. The fourth-order valence-electron chi connectivity index (χ4n) is 1.22. The molecule has 0 aliphatic carbocycles. The zero-order chi connectivity index (χ0) is 12.3. The maximum Gasteiger partial charge on any atom is 0.258 e. The highest BCUT2D eigenvalue weighted by Gasteiger charge is 2.09. The van der Waals surface area contributed by atoms with E-state index >= 15 is 0 Å². The fourth-order valence-corrected chi connectivity index (χ4v) is 1.22. The van der Waals surface area contributed by atoms with Gasteiger partial charge in [0.15, 0.2) is 0 Å². The van der Waals surface area contributed by atoms with Gasteiger partial charge < -0.3 is 10.4 Å². The molecule has 2 aromatic rings. The molecular weight excluding hydrogens is 225 g/mol. The molecule has 0 saturated heterocycles. The molecule has 1 amide bonds. The highest BCUT2D eigenvalue weighted by molar-refractivity contribution is 6.03. The minimum absolute atomic E-state index is 0.0170. The number of rotatable bonds is 2. The van der Waals surface area contributed by atoms with Crippen molar-refractivity contribution in [1.29, 1.82) is 0 Å². The van der Waals surface area contributed by atoms with Crippen LogP contribution in [0.1, 0.15) is 10.4 Å². The minimum Gasteiger partial charge on any atom is -0.508 e. The first-order chi connectivity index (χ1) is 8.16. The van der Waals surface area contributed by atoms with Crippen molar-refractivity contribution < 1.29 is 14.3 Å². The summed E-state index contributed by atoms with van der Waals surface area (Å²) in [7, 11) is 0. The van der Waals surface area contributed by atoms with Crippen LogP contribution < -0.4 is 5.32 Å². The molecule has 1 aromatic heterocycles. The smallest absolute Gasteiger partial charge is 0.258 e. The lowest BCUT2D eigenvalue weighted by Gasteiger charge is -2.05. The number of nitrogens with zero attached hydrogens (tertiary/aromatic N) is 2. The van der Waals surface area contributed by atoms with E-state index in [4.69, 9.17) is 5.11 Å². The number of carbonyl (C=O) groups excluding carboxylic acids is 1. The number of nitrogens with one attached hydrogen (secondary N) is 1. The van der Waals surface area contributed by atoms with Crippen LogP contribution in [0.5, 0.6) is 5.75 Å². The van der Waals surface area contributed by atoms with Gasteiger partial charge in [0.1, 0.15) is 17.9 Å². The Balaban J connectivity index is 2.19. The third-order valence-electron chi connectivity index (χ3n) is 2.02. The summed E-state index contributed by atoms with van der Waals surface area (Å²) >= 11 is 0. The summed E-state index contributed by atoms with van der Waals surface area (Å²) in [6.07, 6.45) is 3.93. The van der Waals surface area contributed by atoms with Gasteiger partial charge in [-0.05, 0) is 12.1 Å². The van der Waals surface area contributed by atoms with Crippen molar-refractivity contribution >= 4 is 11.6 Å². The molecule has 0 fully saturated rings. The maximum absolute atomic E-state index is 13.3. The van der Waals surface area contributed by atoms with E-state index in [9.17, 15) is 9.18 Å². The summed E-state index contributed by atoms with van der Waals surface area (Å²) in [5.74, 6) is -1.44. The molecule has 2 rings (SSSR count). The molecule has 0 spiro atoms. The molecule has 0 atom stereocenters. The summed E-state index contributed by atoms with van der Waals surface area (Å²) in [5.41, 5.74) is 0.205. The molecule has 2 N–H and O–H groups in total. The molecule has 86 valence electrons. The average Bonchev–Trinajstić information content (AvgIpc) is 2.34. The molecule has 5 nitrogen and oxygen atoms in total. The number of hydrogen-bond donors (Lipinski definition) is 2. The van der Waals surface area contributed by atoms with E-state index in [0.717, 1.165) is 6.07 Å². The van der Waals surface area contributed by atoms with Crippen LogP contribution >= 0.6 is 0 Å². The van der Waals surface area contributed by atoms with Crippen molar-refractivity contribution in [2.24, 2.45) is 0 Å². The van der Waals surface area contributed by atoms with Crippen LogP contribution in [0.4, 0.5) is 10.1 Å². The number of phenols is 1. The van der Waals surface area contributed by atoms with Gasteiger partial charge >= 0.3 is 0 Å². The Labute approximate surface area is 96.0 Å². The number of aromatic hydroxyl groups is 1. The largest absolute Gasteiger partial charge is 0.508 e. The average molecular weight is 233 g/mol. The Bertz CT molecular complexity index is 546. The Morgan fingerprint density at radius 1 is 1.29 bits per heavy atom. The SMILES string of the molecule is O=C(Nc1ccc(O)cc1F)c1cncnc1. The topological polar surface area (TPSA) is 75.1 Å². The molecule has 0 bridgehead atoms. The van der Waals surface area contributed by atoms with Crippen LogP contribution in [0.3, 0.4) is 0 Å². The monoisotopic (exact) mass is 233 g/mol. The van der Waals surface area contributed by atoms with E-state index in [1.807, 2.05) is 0 Å². The van der Waals surface area contributed by atoms with E-state index in [-0.39, 0.29) is 17.0 Å². The summed E-state index contributed by atoms with van der Waals surface area (Å²) in [6.45, 7) is 0. The molecule has 0 radical (unpaired) electrons. The van der Waals surface area contributed by atoms with Crippen LogP contribution in [0, 0.1) is 5.82 Å². The van der Waals surface area contributed by atoms with Crippen LogP contribution in [0.15, 0.2) is 36.9 Å². The van der Waals surface area contributed by atoms with Gasteiger partial charge in [-0.3, -0.25) is 4.79 Å². The third kappa shape index (κ3) is 2.54. The van der Waals surface area contributed by atoms with E-state index < -0.39 is 11.7 Å². The number of phenolic OH excluding ortho intramolecular Hbond substituents is 1. The zero-order valence-electron chi connectivity index (χ0n) is 8.59. The van der Waals surface area contributed by atoms with Crippen LogP contribution in [-0.4, -0.2) is 21.0 Å². The first kappa shape index (κ1) is 11.0. The van der Waals surface area contributed by atoms with Crippen molar-refractivity contribution in [2.75, 3.05) is 5.32 Å². The van der Waals surface area contributed by atoms with Crippen molar-refractivity contribution in [3.8, 4) is 5.75 Å². The van der Waals surface area contributed by atoms with E-state index in [2.05, 4.69) is 15.3 Å². The molecular formula is C11H8FN3O2. The van der Waals surface area contributed by atoms with E-state index in [1.165, 1.54) is 30.9 Å². The quantitative estimate of drug-likeness (QED) is 0.772. The number of benzene rings is 1. The van der Waals surface area contributed by atoms with Gasteiger partial charge in [-0.2, -0.15) is 0 Å². The number of anilines is 1. The Kier molecular flexibility index (Phi) is 2.95. The minimum atomic E-state index is -0.713. The first-order valence-corrected chi connectivity index (χ1v) is 4.71. The van der Waals surface area contributed by atoms with Crippen LogP contribution in [0.25, 0.3) is 0 Å². The maximum atomic E-state index is 13.3. The molecule has 0 saturated carbocycles. The lowest BCUT2D eigenvalue weighted by atomic mass is 10.2. The Morgan fingerprint density at radius 3 is 2.65 bits per heavy atom. The second-order valence-corrected chi connectivity index (χ2v) is 3.25.